The van der Waals surface area contributed by atoms with Crippen LogP contribution in [0.2, 0.25) is 0 Å². The molecule has 2 aromatic carbocycles. The summed E-state index contributed by atoms with van der Waals surface area (Å²) in [4.78, 5) is 11.3. The molecule has 6 nitrogen and oxygen atoms in total. The summed E-state index contributed by atoms with van der Waals surface area (Å²) in [6.07, 6.45) is 3.58. The van der Waals surface area contributed by atoms with Crippen LogP contribution in [0, 0.1) is 0 Å². The van der Waals surface area contributed by atoms with E-state index >= 15 is 0 Å². The minimum absolute atomic E-state index is 0.101. The van der Waals surface area contributed by atoms with Crippen LogP contribution < -0.4 is 4.74 Å². The number of hydrogen-bond acceptors (Lipinski definition) is 4. The third-order valence-electron chi connectivity index (χ3n) is 4.13. The van der Waals surface area contributed by atoms with Gasteiger partial charge in [0.15, 0.2) is 0 Å². The molecule has 0 atom stereocenters. The molecule has 0 aliphatic rings. The van der Waals surface area contributed by atoms with Crippen molar-refractivity contribution in [3.8, 4) is 16.9 Å². The Morgan fingerprint density at radius 2 is 1.96 bits per heavy atom. The van der Waals surface area contributed by atoms with Gasteiger partial charge in [-0.1, -0.05) is 36.4 Å². The predicted octanol–water partition coefficient (Wildman–Crippen LogP) is 3.40. The fourth-order valence-electron chi connectivity index (χ4n) is 2.76. The summed E-state index contributed by atoms with van der Waals surface area (Å²) in [5.74, 6) is -0.315. The zero-order chi connectivity index (χ0) is 19.1. The minimum Gasteiger partial charge on any atom is -0.489 e. The lowest BCUT2D eigenvalue weighted by molar-refractivity contribution is -0.136. The van der Waals surface area contributed by atoms with Gasteiger partial charge < -0.3 is 14.6 Å². The number of carboxylic acid groups (broad SMARTS) is 1. The van der Waals surface area contributed by atoms with Crippen LogP contribution in [0.4, 0.5) is 0 Å². The first-order chi connectivity index (χ1) is 13.2. The molecule has 3 rings (SSSR count). The lowest BCUT2D eigenvalue weighted by Gasteiger charge is -2.12. The molecule has 0 bridgehead atoms. The quantitative estimate of drug-likeness (QED) is 0.628. The number of aromatic nitrogens is 2. The zero-order valence-electron chi connectivity index (χ0n) is 15.2. The predicted molar refractivity (Wildman–Crippen MR) is 102 cm³/mol. The fraction of sp³-hybridized carbons (Fsp3) is 0.238. The van der Waals surface area contributed by atoms with Crippen LogP contribution in [0.15, 0.2) is 60.9 Å². The second-order valence-corrected chi connectivity index (χ2v) is 6.15. The van der Waals surface area contributed by atoms with Crippen LogP contribution in [-0.2, 0) is 29.1 Å². The van der Waals surface area contributed by atoms with Crippen molar-refractivity contribution in [3.05, 3.63) is 72.1 Å². The van der Waals surface area contributed by atoms with Gasteiger partial charge in [0.05, 0.1) is 25.8 Å². The van der Waals surface area contributed by atoms with Crippen LogP contribution in [0.1, 0.15) is 11.1 Å². The van der Waals surface area contributed by atoms with E-state index in [4.69, 9.17) is 9.47 Å². The highest BCUT2D eigenvalue weighted by Crippen LogP contribution is 2.28. The first-order valence-corrected chi connectivity index (χ1v) is 8.69. The number of benzene rings is 2. The second kappa shape index (κ2) is 9.00. The average Bonchev–Trinajstić information content (AvgIpc) is 3.14. The summed E-state index contributed by atoms with van der Waals surface area (Å²) in [6.45, 7) is 1.64. The van der Waals surface area contributed by atoms with E-state index in [-0.39, 0.29) is 6.42 Å². The van der Waals surface area contributed by atoms with Crippen molar-refractivity contribution in [1.82, 2.24) is 9.78 Å². The summed E-state index contributed by atoms with van der Waals surface area (Å²) < 4.78 is 12.7. The molecule has 1 aromatic heterocycles. The SMILES string of the molecule is COCCn1cc(-c2ccc(OCc3ccccc3)c(CC(=O)O)c2)cn1. The Morgan fingerprint density at radius 3 is 2.70 bits per heavy atom. The fourth-order valence-corrected chi connectivity index (χ4v) is 2.76. The van der Waals surface area contributed by atoms with E-state index in [1.807, 2.05) is 54.7 Å². The normalized spacial score (nSPS) is 10.7. The van der Waals surface area contributed by atoms with Gasteiger partial charge in [0.2, 0.25) is 0 Å². The van der Waals surface area contributed by atoms with Crippen molar-refractivity contribution in [2.75, 3.05) is 13.7 Å². The molecule has 1 N–H and O–H groups in total. The van der Waals surface area contributed by atoms with Crippen molar-refractivity contribution in [3.63, 3.8) is 0 Å². The number of aliphatic carboxylic acids is 1. The van der Waals surface area contributed by atoms with E-state index in [1.165, 1.54) is 0 Å². The maximum absolute atomic E-state index is 11.3. The van der Waals surface area contributed by atoms with E-state index < -0.39 is 5.97 Å². The number of ether oxygens (including phenoxy) is 2. The van der Waals surface area contributed by atoms with Gasteiger partial charge in [0, 0.05) is 24.4 Å². The number of hydrogen-bond donors (Lipinski definition) is 1. The molecule has 0 saturated heterocycles. The molecule has 0 spiro atoms. The number of nitrogens with zero attached hydrogens (tertiary/aromatic N) is 2. The number of carbonyl (C=O) groups is 1. The van der Waals surface area contributed by atoms with Gasteiger partial charge in [-0.05, 0) is 23.3 Å². The van der Waals surface area contributed by atoms with E-state index in [0.717, 1.165) is 16.7 Å². The average molecular weight is 366 g/mol. The first kappa shape index (κ1) is 18.7. The Hall–Kier alpha value is -3.12. The Labute approximate surface area is 158 Å². The van der Waals surface area contributed by atoms with Crippen molar-refractivity contribution in [2.24, 2.45) is 0 Å². The molecule has 3 aromatic rings. The molecule has 0 aliphatic heterocycles. The minimum atomic E-state index is -0.896. The molecule has 0 saturated carbocycles. The van der Waals surface area contributed by atoms with Crippen molar-refractivity contribution in [2.45, 2.75) is 19.6 Å². The Morgan fingerprint density at radius 1 is 1.15 bits per heavy atom. The van der Waals surface area contributed by atoms with Crippen LogP contribution in [0.25, 0.3) is 11.1 Å². The van der Waals surface area contributed by atoms with Gasteiger partial charge >= 0.3 is 5.97 Å². The molecule has 0 amide bonds. The van der Waals surface area contributed by atoms with Crippen LogP contribution >= 0.6 is 0 Å². The number of carboxylic acids is 1. The van der Waals surface area contributed by atoms with Crippen molar-refractivity contribution < 1.29 is 19.4 Å². The third kappa shape index (κ3) is 5.18. The molecule has 0 radical (unpaired) electrons. The summed E-state index contributed by atoms with van der Waals surface area (Å²) in [7, 11) is 1.65. The second-order valence-electron chi connectivity index (χ2n) is 6.15. The molecule has 27 heavy (non-hydrogen) atoms. The van der Waals surface area contributed by atoms with E-state index in [2.05, 4.69) is 5.10 Å². The standard InChI is InChI=1S/C21H22N2O4/c1-26-10-9-23-14-19(13-22-23)17-7-8-20(18(11-17)12-21(24)25)27-15-16-5-3-2-4-6-16/h2-8,11,13-14H,9-10,12,15H2,1H3,(H,24,25). The van der Waals surface area contributed by atoms with E-state index in [0.29, 0.717) is 31.1 Å². The van der Waals surface area contributed by atoms with E-state index in [1.54, 1.807) is 18.0 Å². The Balaban J connectivity index is 1.80. The highest BCUT2D eigenvalue weighted by atomic mass is 16.5. The number of methoxy groups -OCH3 is 1. The van der Waals surface area contributed by atoms with Gasteiger partial charge in [-0.2, -0.15) is 5.10 Å². The summed E-state index contributed by atoms with van der Waals surface area (Å²) in [6, 6.07) is 15.4. The summed E-state index contributed by atoms with van der Waals surface area (Å²) >= 11 is 0. The van der Waals surface area contributed by atoms with Gasteiger partial charge in [-0.15, -0.1) is 0 Å². The molecule has 140 valence electrons. The summed E-state index contributed by atoms with van der Waals surface area (Å²) in [5.41, 5.74) is 3.50. The number of rotatable bonds is 9. The largest absolute Gasteiger partial charge is 0.489 e. The van der Waals surface area contributed by atoms with Gasteiger partial charge in [-0.3, -0.25) is 9.48 Å². The van der Waals surface area contributed by atoms with Gasteiger partial charge in [0.25, 0.3) is 0 Å². The molecular weight excluding hydrogens is 344 g/mol. The first-order valence-electron chi connectivity index (χ1n) is 8.69. The Bertz CT molecular complexity index is 890. The lowest BCUT2D eigenvalue weighted by Crippen LogP contribution is -2.04. The highest BCUT2D eigenvalue weighted by Gasteiger charge is 2.12. The maximum atomic E-state index is 11.3. The lowest BCUT2D eigenvalue weighted by atomic mass is 10.0. The maximum Gasteiger partial charge on any atom is 0.307 e. The molecule has 0 unspecified atom stereocenters. The van der Waals surface area contributed by atoms with Crippen LogP contribution in [0.5, 0.6) is 5.75 Å². The Kier molecular flexibility index (Phi) is 6.22. The van der Waals surface area contributed by atoms with Crippen molar-refractivity contribution in [1.29, 1.82) is 0 Å². The third-order valence-corrected chi connectivity index (χ3v) is 4.13. The van der Waals surface area contributed by atoms with Gasteiger partial charge in [0.1, 0.15) is 12.4 Å². The highest BCUT2D eigenvalue weighted by molar-refractivity contribution is 5.73. The van der Waals surface area contributed by atoms with Gasteiger partial charge in [-0.25, -0.2) is 0 Å². The molecule has 1 heterocycles. The zero-order valence-corrected chi connectivity index (χ0v) is 15.2. The summed E-state index contributed by atoms with van der Waals surface area (Å²) in [5, 5.41) is 13.6. The van der Waals surface area contributed by atoms with E-state index in [9.17, 15) is 9.90 Å². The van der Waals surface area contributed by atoms with Crippen LogP contribution in [-0.4, -0.2) is 34.6 Å². The van der Waals surface area contributed by atoms with Crippen molar-refractivity contribution >= 4 is 5.97 Å². The van der Waals surface area contributed by atoms with Crippen LogP contribution in [0.3, 0.4) is 0 Å². The molecular formula is C21H22N2O4. The smallest absolute Gasteiger partial charge is 0.307 e. The molecule has 0 aliphatic carbocycles. The molecule has 6 heteroatoms. The molecule has 0 fully saturated rings. The monoisotopic (exact) mass is 366 g/mol. The topological polar surface area (TPSA) is 73.6 Å².